The van der Waals surface area contributed by atoms with Crippen molar-refractivity contribution in [2.24, 2.45) is 0 Å². The summed E-state index contributed by atoms with van der Waals surface area (Å²) in [7, 11) is 4.50. The Morgan fingerprint density at radius 3 is 2.30 bits per heavy atom. The van der Waals surface area contributed by atoms with Gasteiger partial charge in [0.05, 0.1) is 26.9 Å². The van der Waals surface area contributed by atoms with Gasteiger partial charge in [0.1, 0.15) is 23.0 Å². The van der Waals surface area contributed by atoms with E-state index in [2.05, 4.69) is 10.2 Å². The summed E-state index contributed by atoms with van der Waals surface area (Å²) in [6, 6.07) is 16.4. The maximum absolute atomic E-state index is 12.0. The van der Waals surface area contributed by atoms with E-state index in [1.807, 2.05) is 0 Å². The zero-order valence-electron chi connectivity index (χ0n) is 21.6. The van der Waals surface area contributed by atoms with Crippen LogP contribution >= 0.6 is 11.8 Å². The van der Waals surface area contributed by atoms with Gasteiger partial charge in [0, 0.05) is 11.6 Å². The number of hydrogen-bond acceptors (Lipinski definition) is 10. The van der Waals surface area contributed by atoms with E-state index in [-0.39, 0.29) is 28.2 Å². The topological polar surface area (TPSA) is 150 Å². The molecular weight excluding hydrogens is 540 g/mol. The van der Waals surface area contributed by atoms with Crippen molar-refractivity contribution in [2.75, 3.05) is 21.3 Å². The molecule has 206 valence electrons. The number of hydrogen-bond donors (Lipinski definition) is 2. The average molecular weight is 565 g/mol. The molecule has 0 atom stereocenters. The lowest BCUT2D eigenvalue weighted by atomic mass is 10.1. The van der Waals surface area contributed by atoms with Crippen LogP contribution in [0.15, 0.2) is 75.2 Å². The highest BCUT2D eigenvalue weighted by molar-refractivity contribution is 8.03. The normalized spacial score (nSPS) is 11.1. The van der Waals surface area contributed by atoms with Crippen molar-refractivity contribution in [2.45, 2.75) is 11.8 Å². The van der Waals surface area contributed by atoms with Crippen molar-refractivity contribution in [3.8, 4) is 34.5 Å². The minimum absolute atomic E-state index is 0.0287. The van der Waals surface area contributed by atoms with Crippen LogP contribution in [0.25, 0.3) is 17.5 Å². The second-order valence-electron chi connectivity index (χ2n) is 8.09. The number of rotatable bonds is 12. The van der Waals surface area contributed by atoms with Gasteiger partial charge in [-0.1, -0.05) is 18.2 Å². The summed E-state index contributed by atoms with van der Waals surface area (Å²) in [6.07, 6.45) is 1.44. The van der Waals surface area contributed by atoms with Crippen LogP contribution in [-0.4, -0.2) is 53.7 Å². The SMILES string of the molecule is COc1cc(OC)cc(-c2nnc(S/C(=C\c3ccc(OCc4cccc(C(=O)O)c4)c(OC)c3)C(=O)O)o2)c1. The number of aromatic carboxylic acids is 1. The molecule has 0 radical (unpaired) electrons. The smallest absolute Gasteiger partial charge is 0.342 e. The molecule has 0 aliphatic heterocycles. The average Bonchev–Trinajstić information content (AvgIpc) is 3.44. The lowest BCUT2D eigenvalue weighted by Gasteiger charge is -2.12. The fourth-order valence-electron chi connectivity index (χ4n) is 3.53. The molecule has 0 aliphatic carbocycles. The first kappa shape index (κ1) is 28.0. The molecule has 0 saturated heterocycles. The van der Waals surface area contributed by atoms with Gasteiger partial charge >= 0.3 is 11.9 Å². The minimum Gasteiger partial charge on any atom is -0.497 e. The molecule has 1 heterocycles. The van der Waals surface area contributed by atoms with Crippen LogP contribution in [0.2, 0.25) is 0 Å². The third-order valence-corrected chi connectivity index (χ3v) is 6.32. The molecule has 0 saturated carbocycles. The maximum atomic E-state index is 12.0. The number of ether oxygens (including phenoxy) is 4. The molecule has 0 aliphatic rings. The van der Waals surface area contributed by atoms with E-state index in [9.17, 15) is 19.8 Å². The molecule has 0 fully saturated rings. The van der Waals surface area contributed by atoms with Crippen LogP contribution in [-0.2, 0) is 11.4 Å². The Hall–Kier alpha value is -4.97. The number of carboxylic acid groups (broad SMARTS) is 2. The lowest BCUT2D eigenvalue weighted by Crippen LogP contribution is -2.01. The molecule has 0 unspecified atom stereocenters. The van der Waals surface area contributed by atoms with Crippen LogP contribution in [0.3, 0.4) is 0 Å². The van der Waals surface area contributed by atoms with Gasteiger partial charge in [-0.15, -0.1) is 10.2 Å². The van der Waals surface area contributed by atoms with Crippen LogP contribution in [0.4, 0.5) is 0 Å². The Morgan fingerprint density at radius 2 is 1.65 bits per heavy atom. The van der Waals surface area contributed by atoms with Crippen LogP contribution in [0.5, 0.6) is 23.0 Å². The summed E-state index contributed by atoms with van der Waals surface area (Å²) in [6.45, 7) is 0.113. The van der Waals surface area contributed by atoms with Gasteiger partial charge < -0.3 is 33.6 Å². The number of benzene rings is 3. The van der Waals surface area contributed by atoms with Gasteiger partial charge in [-0.25, -0.2) is 9.59 Å². The molecule has 4 rings (SSSR count). The molecule has 2 N–H and O–H groups in total. The third kappa shape index (κ3) is 6.91. The van der Waals surface area contributed by atoms with E-state index in [0.717, 1.165) is 11.8 Å². The molecule has 0 amide bonds. The van der Waals surface area contributed by atoms with E-state index in [1.54, 1.807) is 48.5 Å². The largest absolute Gasteiger partial charge is 0.497 e. The number of nitrogens with zero attached hydrogens (tertiary/aromatic N) is 2. The van der Waals surface area contributed by atoms with Crippen molar-refractivity contribution in [1.82, 2.24) is 10.2 Å². The van der Waals surface area contributed by atoms with Crippen LogP contribution in [0, 0.1) is 0 Å². The van der Waals surface area contributed by atoms with Crippen molar-refractivity contribution >= 4 is 29.8 Å². The van der Waals surface area contributed by atoms with Gasteiger partial charge in [0.15, 0.2) is 11.5 Å². The van der Waals surface area contributed by atoms with Crippen LogP contribution < -0.4 is 18.9 Å². The maximum Gasteiger partial charge on any atom is 0.342 e. The number of thioether (sulfide) groups is 1. The Labute approximate surface area is 233 Å². The number of carbonyl (C=O) groups is 2. The van der Waals surface area contributed by atoms with Gasteiger partial charge in [-0.05, 0) is 65.4 Å². The molecule has 0 spiro atoms. The monoisotopic (exact) mass is 564 g/mol. The van der Waals surface area contributed by atoms with E-state index >= 15 is 0 Å². The van der Waals surface area contributed by atoms with E-state index in [0.29, 0.717) is 39.7 Å². The van der Waals surface area contributed by atoms with Gasteiger partial charge in [-0.3, -0.25) is 0 Å². The van der Waals surface area contributed by atoms with Gasteiger partial charge in [0.2, 0.25) is 5.89 Å². The lowest BCUT2D eigenvalue weighted by molar-refractivity contribution is -0.131. The van der Waals surface area contributed by atoms with E-state index in [1.165, 1.54) is 39.5 Å². The first-order chi connectivity index (χ1) is 19.3. The predicted octanol–water partition coefficient (Wildman–Crippen LogP) is 5.26. The number of aromatic nitrogens is 2. The highest BCUT2D eigenvalue weighted by Crippen LogP contribution is 2.35. The van der Waals surface area contributed by atoms with Crippen LogP contribution in [0.1, 0.15) is 21.5 Å². The quantitative estimate of drug-likeness (QED) is 0.171. The molecule has 12 heteroatoms. The predicted molar refractivity (Wildman–Crippen MR) is 145 cm³/mol. The summed E-state index contributed by atoms with van der Waals surface area (Å²) in [5, 5.41) is 27.0. The Bertz CT molecular complexity index is 1540. The Morgan fingerprint density at radius 1 is 0.900 bits per heavy atom. The Kier molecular flexibility index (Phi) is 8.92. The standard InChI is InChI=1S/C28H24N2O9S/c1-35-20-12-19(13-21(14-20)36-2)25-29-30-28(39-25)40-24(27(33)34)11-16-7-8-22(23(10-16)37-3)38-15-17-5-4-6-18(9-17)26(31)32/h4-14H,15H2,1-3H3,(H,31,32)(H,33,34)/b24-11-. The number of methoxy groups -OCH3 is 3. The van der Waals surface area contributed by atoms with Crippen molar-refractivity contribution in [3.63, 3.8) is 0 Å². The highest BCUT2D eigenvalue weighted by Gasteiger charge is 2.18. The molecule has 0 bridgehead atoms. The highest BCUT2D eigenvalue weighted by atomic mass is 32.2. The van der Waals surface area contributed by atoms with E-state index < -0.39 is 11.9 Å². The Balaban J connectivity index is 1.52. The molecule has 1 aromatic heterocycles. The fraction of sp³-hybridized carbons (Fsp3) is 0.143. The zero-order chi connectivity index (χ0) is 28.6. The summed E-state index contributed by atoms with van der Waals surface area (Å²) in [5.41, 5.74) is 1.90. The summed E-state index contributed by atoms with van der Waals surface area (Å²) in [5.74, 6) is -0.219. The van der Waals surface area contributed by atoms with Crippen molar-refractivity contribution in [1.29, 1.82) is 0 Å². The summed E-state index contributed by atoms with van der Waals surface area (Å²) >= 11 is 0.795. The first-order valence-corrected chi connectivity index (χ1v) is 12.4. The molecular formula is C28H24N2O9S. The molecule has 11 nitrogen and oxygen atoms in total. The third-order valence-electron chi connectivity index (χ3n) is 5.47. The summed E-state index contributed by atoms with van der Waals surface area (Å²) < 4.78 is 27.5. The van der Waals surface area contributed by atoms with E-state index in [4.69, 9.17) is 23.4 Å². The molecule has 4 aromatic rings. The number of aliphatic carboxylic acids is 1. The van der Waals surface area contributed by atoms with Gasteiger partial charge in [-0.2, -0.15) is 0 Å². The minimum atomic E-state index is -1.19. The first-order valence-electron chi connectivity index (χ1n) is 11.6. The second-order valence-corrected chi connectivity index (χ2v) is 9.09. The summed E-state index contributed by atoms with van der Waals surface area (Å²) in [4.78, 5) is 23.1. The second kappa shape index (κ2) is 12.7. The fourth-order valence-corrected chi connectivity index (χ4v) is 4.20. The van der Waals surface area contributed by atoms with Gasteiger partial charge in [0.25, 0.3) is 5.22 Å². The van der Waals surface area contributed by atoms with Crippen molar-refractivity contribution in [3.05, 3.63) is 82.3 Å². The molecule has 3 aromatic carbocycles. The number of carboxylic acids is 2. The molecule has 40 heavy (non-hydrogen) atoms. The zero-order valence-corrected chi connectivity index (χ0v) is 22.4. The van der Waals surface area contributed by atoms with Crippen molar-refractivity contribution < 1.29 is 43.2 Å².